The molecule has 1 aromatic heterocycles. The summed E-state index contributed by atoms with van der Waals surface area (Å²) in [7, 11) is 0. The van der Waals surface area contributed by atoms with Gasteiger partial charge in [-0.15, -0.1) is 11.3 Å². The normalized spacial score (nSPS) is 11.7. The predicted molar refractivity (Wildman–Crippen MR) is 89.2 cm³/mol. The van der Waals surface area contributed by atoms with Gasteiger partial charge in [-0.2, -0.15) is 0 Å². The molecule has 0 aliphatic carbocycles. The summed E-state index contributed by atoms with van der Waals surface area (Å²) in [5.41, 5.74) is 9.23. The van der Waals surface area contributed by atoms with Crippen molar-refractivity contribution in [3.8, 4) is 5.75 Å². The number of nitrogens with zero attached hydrogens (tertiary/aromatic N) is 1. The Balaban J connectivity index is 2.01. The van der Waals surface area contributed by atoms with Gasteiger partial charge in [0, 0.05) is 16.8 Å². The number of para-hydroxylation sites is 1. The lowest BCUT2D eigenvalue weighted by atomic mass is 10.0. The number of ether oxygens (including phenoxy) is 1. The van der Waals surface area contributed by atoms with Crippen LogP contribution in [0.1, 0.15) is 40.6 Å². The van der Waals surface area contributed by atoms with Gasteiger partial charge >= 0.3 is 0 Å². The van der Waals surface area contributed by atoms with Crippen molar-refractivity contribution in [3.05, 3.63) is 44.9 Å². The minimum absolute atomic E-state index is 0.326. The van der Waals surface area contributed by atoms with Gasteiger partial charge in [0.05, 0.1) is 17.3 Å². The smallest absolute Gasteiger partial charge is 0.125 e. The summed E-state index contributed by atoms with van der Waals surface area (Å²) in [6, 6.07) is 6.20. The summed E-state index contributed by atoms with van der Waals surface area (Å²) >= 11 is 1.69. The first-order valence-corrected chi connectivity index (χ1v) is 8.05. The highest BCUT2D eigenvalue weighted by Gasteiger charge is 2.21. The average Bonchev–Trinajstić information content (AvgIpc) is 2.74. The Bertz CT molecular complexity index is 606. The van der Waals surface area contributed by atoms with Gasteiger partial charge in [-0.1, -0.05) is 18.2 Å². The molecule has 0 saturated heterocycles. The summed E-state index contributed by atoms with van der Waals surface area (Å²) in [6.45, 7) is 10.9. The second-order valence-electron chi connectivity index (χ2n) is 6.06. The highest BCUT2D eigenvalue weighted by Crippen LogP contribution is 2.28. The third kappa shape index (κ3) is 3.83. The van der Waals surface area contributed by atoms with Crippen molar-refractivity contribution in [3.63, 3.8) is 0 Å². The first-order chi connectivity index (χ1) is 9.79. The molecule has 0 unspecified atom stereocenters. The lowest BCUT2D eigenvalue weighted by Crippen LogP contribution is -2.28. The van der Waals surface area contributed by atoms with Crippen LogP contribution in [0, 0.1) is 20.8 Å². The van der Waals surface area contributed by atoms with E-state index in [0.29, 0.717) is 6.61 Å². The molecule has 0 aliphatic rings. The number of hydrogen-bond donors (Lipinski definition) is 1. The summed E-state index contributed by atoms with van der Waals surface area (Å²) in [5.74, 6) is 0.991. The Kier molecular flexibility index (Phi) is 4.69. The Labute approximate surface area is 131 Å². The van der Waals surface area contributed by atoms with Gasteiger partial charge in [-0.05, 0) is 45.7 Å². The van der Waals surface area contributed by atoms with E-state index in [-0.39, 0.29) is 5.54 Å². The fraction of sp³-hybridized carbons (Fsp3) is 0.471. The minimum atomic E-state index is -0.326. The second kappa shape index (κ2) is 6.16. The maximum atomic E-state index is 6.17. The number of aromatic nitrogens is 1. The summed E-state index contributed by atoms with van der Waals surface area (Å²) in [6.07, 6.45) is 0.815. The second-order valence-corrected chi connectivity index (χ2v) is 7.15. The van der Waals surface area contributed by atoms with Crippen molar-refractivity contribution in [2.75, 3.05) is 6.61 Å². The Hall–Kier alpha value is -1.39. The molecule has 0 spiro atoms. The fourth-order valence-corrected chi connectivity index (χ4v) is 3.48. The van der Waals surface area contributed by atoms with Crippen molar-refractivity contribution in [1.29, 1.82) is 0 Å². The van der Waals surface area contributed by atoms with Gasteiger partial charge in [0.25, 0.3) is 0 Å². The van der Waals surface area contributed by atoms with Crippen LogP contribution in [0.25, 0.3) is 0 Å². The summed E-state index contributed by atoms with van der Waals surface area (Å²) in [4.78, 5) is 5.77. The van der Waals surface area contributed by atoms with Gasteiger partial charge in [0.1, 0.15) is 5.75 Å². The lowest BCUT2D eigenvalue weighted by molar-refractivity contribution is 0.317. The third-order valence-electron chi connectivity index (χ3n) is 3.40. The largest absolute Gasteiger partial charge is 0.493 e. The van der Waals surface area contributed by atoms with E-state index >= 15 is 0 Å². The number of aryl methyl sites for hydroxylation is 3. The van der Waals surface area contributed by atoms with E-state index in [1.54, 1.807) is 11.3 Å². The molecule has 0 aliphatic heterocycles. The fourth-order valence-electron chi connectivity index (χ4n) is 2.42. The molecule has 2 rings (SSSR count). The molecule has 0 radical (unpaired) electrons. The van der Waals surface area contributed by atoms with E-state index in [1.807, 2.05) is 20.8 Å². The zero-order valence-electron chi connectivity index (χ0n) is 13.5. The van der Waals surface area contributed by atoms with Crippen molar-refractivity contribution in [1.82, 2.24) is 4.98 Å². The van der Waals surface area contributed by atoms with Crippen LogP contribution in [-0.2, 0) is 12.0 Å². The van der Waals surface area contributed by atoms with E-state index in [2.05, 4.69) is 37.0 Å². The van der Waals surface area contributed by atoms with E-state index in [9.17, 15) is 0 Å². The quantitative estimate of drug-likeness (QED) is 0.912. The molecule has 0 atom stereocenters. The van der Waals surface area contributed by atoms with Crippen LogP contribution in [0.2, 0.25) is 0 Å². The molecule has 1 heterocycles. The van der Waals surface area contributed by atoms with Crippen molar-refractivity contribution in [2.24, 2.45) is 5.73 Å². The van der Waals surface area contributed by atoms with Crippen LogP contribution in [0.4, 0.5) is 0 Å². The van der Waals surface area contributed by atoms with Gasteiger partial charge in [0.2, 0.25) is 0 Å². The highest BCUT2D eigenvalue weighted by atomic mass is 32.1. The molecular formula is C17H24N2OS. The Morgan fingerprint density at radius 1 is 1.19 bits per heavy atom. The van der Waals surface area contributed by atoms with Crippen LogP contribution >= 0.6 is 11.3 Å². The number of hydrogen-bond acceptors (Lipinski definition) is 4. The Morgan fingerprint density at radius 2 is 1.81 bits per heavy atom. The molecule has 21 heavy (non-hydrogen) atoms. The highest BCUT2D eigenvalue weighted by molar-refractivity contribution is 7.11. The van der Waals surface area contributed by atoms with Gasteiger partial charge in [-0.3, -0.25) is 0 Å². The van der Waals surface area contributed by atoms with E-state index in [4.69, 9.17) is 10.5 Å². The van der Waals surface area contributed by atoms with Gasteiger partial charge < -0.3 is 10.5 Å². The van der Waals surface area contributed by atoms with Crippen LogP contribution < -0.4 is 10.5 Å². The van der Waals surface area contributed by atoms with Crippen molar-refractivity contribution >= 4 is 11.3 Å². The molecular weight excluding hydrogens is 280 g/mol. The zero-order chi connectivity index (χ0) is 15.6. The van der Waals surface area contributed by atoms with Crippen LogP contribution in [0.5, 0.6) is 5.75 Å². The van der Waals surface area contributed by atoms with Crippen LogP contribution in [-0.4, -0.2) is 11.6 Å². The monoisotopic (exact) mass is 304 g/mol. The number of thiazole rings is 1. The number of rotatable bonds is 5. The zero-order valence-corrected chi connectivity index (χ0v) is 14.3. The predicted octanol–water partition coefficient (Wildman–Crippen LogP) is 3.88. The van der Waals surface area contributed by atoms with Crippen LogP contribution in [0.3, 0.4) is 0 Å². The average molecular weight is 304 g/mol. The molecule has 0 bridgehead atoms. The Morgan fingerprint density at radius 3 is 2.33 bits per heavy atom. The molecule has 0 amide bonds. The molecule has 2 N–H and O–H groups in total. The first kappa shape index (κ1) is 16.0. The molecule has 4 heteroatoms. The minimum Gasteiger partial charge on any atom is -0.493 e. The topological polar surface area (TPSA) is 48.1 Å². The standard InChI is InChI=1S/C17H24N2OS/c1-11-7-6-8-12(2)15(11)20-10-9-14-19-13(3)16(21-14)17(4,5)18/h6-8H,9-10,18H2,1-5H3. The maximum absolute atomic E-state index is 6.17. The number of nitrogens with two attached hydrogens (primary N) is 1. The van der Waals surface area contributed by atoms with Crippen molar-refractivity contribution in [2.45, 2.75) is 46.6 Å². The van der Waals surface area contributed by atoms with E-state index in [0.717, 1.165) is 27.7 Å². The first-order valence-electron chi connectivity index (χ1n) is 7.23. The molecule has 1 aromatic carbocycles. The van der Waals surface area contributed by atoms with E-state index in [1.165, 1.54) is 11.1 Å². The van der Waals surface area contributed by atoms with Gasteiger partial charge in [-0.25, -0.2) is 4.98 Å². The summed E-state index contributed by atoms with van der Waals surface area (Å²) < 4.78 is 5.94. The maximum Gasteiger partial charge on any atom is 0.125 e. The summed E-state index contributed by atoms with van der Waals surface area (Å²) in [5, 5.41) is 1.09. The lowest BCUT2D eigenvalue weighted by Gasteiger charge is -2.16. The molecule has 0 saturated carbocycles. The van der Waals surface area contributed by atoms with Crippen LogP contribution in [0.15, 0.2) is 18.2 Å². The van der Waals surface area contributed by atoms with E-state index < -0.39 is 0 Å². The number of benzene rings is 1. The molecule has 3 nitrogen and oxygen atoms in total. The molecule has 0 fully saturated rings. The van der Waals surface area contributed by atoms with Gasteiger partial charge in [0.15, 0.2) is 0 Å². The SMILES string of the molecule is Cc1cccc(C)c1OCCc1nc(C)c(C(C)(C)N)s1. The van der Waals surface area contributed by atoms with Crippen molar-refractivity contribution < 1.29 is 4.74 Å². The third-order valence-corrected chi connectivity index (χ3v) is 4.95. The molecule has 2 aromatic rings. The molecule has 114 valence electrons.